The average molecular weight is 386 g/mol. The lowest BCUT2D eigenvalue weighted by atomic mass is 10.3. The van der Waals surface area contributed by atoms with Gasteiger partial charge in [-0.15, -0.1) is 0 Å². The minimum Gasteiger partial charge on any atom is -0.395 e. The van der Waals surface area contributed by atoms with Gasteiger partial charge in [0, 0.05) is 13.6 Å². The molecule has 1 aliphatic carbocycles. The van der Waals surface area contributed by atoms with Crippen LogP contribution in [-0.2, 0) is 10.0 Å². The Morgan fingerprint density at radius 2 is 2.15 bits per heavy atom. The van der Waals surface area contributed by atoms with Gasteiger partial charge in [0.1, 0.15) is 4.90 Å². The highest BCUT2D eigenvalue weighted by Gasteiger charge is 2.37. The molecule has 1 aliphatic rings. The highest BCUT2D eigenvalue weighted by atomic mass is 79.9. The van der Waals surface area contributed by atoms with E-state index in [4.69, 9.17) is 17.3 Å². The third kappa shape index (κ3) is 2.81. The molecule has 0 aromatic heterocycles. The molecule has 1 aromatic rings. The maximum atomic E-state index is 14.1. The van der Waals surface area contributed by atoms with Crippen molar-refractivity contribution < 1.29 is 12.8 Å². The molecule has 2 N–H and O–H groups in total. The molecule has 112 valence electrons. The summed E-state index contributed by atoms with van der Waals surface area (Å²) in [5.74, 6) is -0.130. The van der Waals surface area contributed by atoms with Gasteiger partial charge in [0.2, 0.25) is 10.0 Å². The van der Waals surface area contributed by atoms with Crippen LogP contribution in [0.3, 0.4) is 0 Å². The summed E-state index contributed by atoms with van der Waals surface area (Å²) in [4.78, 5) is -0.487. The van der Waals surface area contributed by atoms with Gasteiger partial charge in [-0.2, -0.15) is 0 Å². The summed E-state index contributed by atoms with van der Waals surface area (Å²) in [6.45, 7) is 2.43. The summed E-state index contributed by atoms with van der Waals surface area (Å²) in [5.41, 5.74) is 5.23. The fourth-order valence-electron chi connectivity index (χ4n) is 2.04. The summed E-state index contributed by atoms with van der Waals surface area (Å²) < 4.78 is 40.2. The Morgan fingerprint density at radius 1 is 1.60 bits per heavy atom. The van der Waals surface area contributed by atoms with E-state index in [2.05, 4.69) is 22.9 Å². The van der Waals surface area contributed by atoms with Crippen LogP contribution < -0.4 is 5.73 Å². The molecule has 1 saturated carbocycles. The first-order chi connectivity index (χ1) is 9.16. The molecule has 2 unspecified atom stereocenters. The highest BCUT2D eigenvalue weighted by molar-refractivity contribution is 9.10. The van der Waals surface area contributed by atoms with E-state index in [0.29, 0.717) is 18.4 Å². The highest BCUT2D eigenvalue weighted by Crippen LogP contribution is 2.40. The number of nitrogen functional groups attached to an aromatic ring is 1. The smallest absolute Gasteiger partial charge is 0.245 e. The fraction of sp³-hybridized carbons (Fsp3) is 0.500. The van der Waals surface area contributed by atoms with Crippen LogP contribution >= 0.6 is 27.5 Å². The Kier molecular flexibility index (Phi) is 4.35. The molecular weight excluding hydrogens is 371 g/mol. The molecule has 2 rings (SSSR count). The van der Waals surface area contributed by atoms with E-state index >= 15 is 0 Å². The molecular formula is C12H15BrClFN2O2S. The number of nitrogens with zero attached hydrogens (tertiary/aromatic N) is 1. The lowest BCUT2D eigenvalue weighted by Gasteiger charge is -2.18. The Morgan fingerprint density at radius 3 is 2.65 bits per heavy atom. The predicted octanol–water partition coefficient (Wildman–Crippen LogP) is 3.10. The number of hydrogen-bond acceptors (Lipinski definition) is 3. The summed E-state index contributed by atoms with van der Waals surface area (Å²) in [6, 6.07) is 1.08. The van der Waals surface area contributed by atoms with Crippen LogP contribution in [0.15, 0.2) is 15.4 Å². The first-order valence-electron chi connectivity index (χ1n) is 6.05. The lowest BCUT2D eigenvalue weighted by molar-refractivity contribution is 0.440. The fourth-order valence-corrected chi connectivity index (χ4v) is 3.93. The molecule has 1 fully saturated rings. The van der Waals surface area contributed by atoms with Crippen molar-refractivity contribution in [3.63, 3.8) is 0 Å². The molecule has 20 heavy (non-hydrogen) atoms. The summed E-state index contributed by atoms with van der Waals surface area (Å²) in [5, 5.41) is 0.0654. The molecule has 0 saturated heterocycles. The number of hydrogen-bond donors (Lipinski definition) is 1. The Bertz CT molecular complexity index is 653. The van der Waals surface area contributed by atoms with Crippen molar-refractivity contribution in [1.82, 2.24) is 4.31 Å². The van der Waals surface area contributed by atoms with Crippen LogP contribution in [-0.4, -0.2) is 26.3 Å². The molecule has 4 nitrogen and oxygen atoms in total. The maximum Gasteiger partial charge on any atom is 0.245 e. The minimum atomic E-state index is -3.94. The molecule has 0 radical (unpaired) electrons. The Balaban J connectivity index is 2.39. The van der Waals surface area contributed by atoms with Crippen LogP contribution in [0, 0.1) is 17.7 Å². The SMILES string of the molecule is CC1CC1CN(C)S(=O)(=O)c1cc(Cl)c(Br)c(N)c1F. The Hall–Kier alpha value is -0.370. The van der Waals surface area contributed by atoms with Gasteiger partial charge in [-0.1, -0.05) is 18.5 Å². The van der Waals surface area contributed by atoms with E-state index < -0.39 is 20.7 Å². The molecule has 0 heterocycles. The van der Waals surface area contributed by atoms with E-state index in [1.165, 1.54) is 7.05 Å². The molecule has 0 amide bonds. The zero-order chi connectivity index (χ0) is 15.2. The van der Waals surface area contributed by atoms with Gasteiger partial charge >= 0.3 is 0 Å². The Labute approximate surface area is 131 Å². The standard InChI is InChI=1S/C12H15BrClFN2O2S/c1-6-3-7(6)5-17(2)20(18,19)9-4-8(14)10(13)12(16)11(9)15/h4,6-7H,3,5,16H2,1-2H3. The number of benzene rings is 1. The molecule has 2 atom stereocenters. The van der Waals surface area contributed by atoms with Gasteiger partial charge in [0.15, 0.2) is 5.82 Å². The average Bonchev–Trinajstić information content (AvgIpc) is 3.06. The number of anilines is 1. The zero-order valence-electron chi connectivity index (χ0n) is 11.0. The maximum absolute atomic E-state index is 14.1. The lowest BCUT2D eigenvalue weighted by Crippen LogP contribution is -2.30. The third-order valence-electron chi connectivity index (χ3n) is 3.61. The molecule has 1 aromatic carbocycles. The van der Waals surface area contributed by atoms with Gasteiger partial charge in [-0.3, -0.25) is 0 Å². The van der Waals surface area contributed by atoms with Crippen molar-refractivity contribution in [1.29, 1.82) is 0 Å². The van der Waals surface area contributed by atoms with Crippen LogP contribution in [0.25, 0.3) is 0 Å². The molecule has 0 spiro atoms. The topological polar surface area (TPSA) is 63.4 Å². The summed E-state index contributed by atoms with van der Waals surface area (Å²) in [7, 11) is -2.50. The first kappa shape index (κ1) is 16.0. The van der Waals surface area contributed by atoms with Gasteiger partial charge in [-0.25, -0.2) is 17.1 Å². The van der Waals surface area contributed by atoms with E-state index in [1.807, 2.05) is 0 Å². The second-order valence-corrected chi connectivity index (χ2v) is 8.37. The van der Waals surface area contributed by atoms with Gasteiger partial charge in [0.05, 0.1) is 15.2 Å². The van der Waals surface area contributed by atoms with Crippen molar-refractivity contribution in [2.75, 3.05) is 19.3 Å². The summed E-state index contributed by atoms with van der Waals surface area (Å²) >= 11 is 8.89. The van der Waals surface area contributed by atoms with Crippen molar-refractivity contribution in [3.05, 3.63) is 21.4 Å². The molecule has 0 aliphatic heterocycles. The second kappa shape index (κ2) is 5.44. The third-order valence-corrected chi connectivity index (χ3v) is 6.82. The van der Waals surface area contributed by atoms with E-state index in [-0.39, 0.29) is 15.2 Å². The number of nitrogens with two attached hydrogens (primary N) is 1. The minimum absolute atomic E-state index is 0.0654. The van der Waals surface area contributed by atoms with Crippen molar-refractivity contribution in [2.45, 2.75) is 18.2 Å². The number of sulfonamides is 1. The van der Waals surface area contributed by atoms with Crippen molar-refractivity contribution >= 4 is 43.2 Å². The van der Waals surface area contributed by atoms with Gasteiger partial charge in [0.25, 0.3) is 0 Å². The normalized spacial score (nSPS) is 22.3. The van der Waals surface area contributed by atoms with Gasteiger partial charge < -0.3 is 5.73 Å². The second-order valence-electron chi connectivity index (χ2n) is 5.16. The zero-order valence-corrected chi connectivity index (χ0v) is 14.2. The van der Waals surface area contributed by atoms with Crippen LogP contribution in [0.2, 0.25) is 5.02 Å². The van der Waals surface area contributed by atoms with Crippen molar-refractivity contribution in [2.24, 2.45) is 11.8 Å². The van der Waals surface area contributed by atoms with Crippen LogP contribution in [0.5, 0.6) is 0 Å². The molecule has 8 heteroatoms. The van der Waals surface area contributed by atoms with E-state index in [0.717, 1.165) is 16.8 Å². The van der Waals surface area contributed by atoms with Crippen LogP contribution in [0.4, 0.5) is 10.1 Å². The van der Waals surface area contributed by atoms with E-state index in [9.17, 15) is 12.8 Å². The largest absolute Gasteiger partial charge is 0.395 e. The summed E-state index contributed by atoms with van der Waals surface area (Å²) in [6.07, 6.45) is 0.992. The van der Waals surface area contributed by atoms with Crippen molar-refractivity contribution in [3.8, 4) is 0 Å². The van der Waals surface area contributed by atoms with Crippen LogP contribution in [0.1, 0.15) is 13.3 Å². The van der Waals surface area contributed by atoms with E-state index in [1.54, 1.807) is 0 Å². The molecule has 0 bridgehead atoms. The monoisotopic (exact) mass is 384 g/mol. The first-order valence-corrected chi connectivity index (χ1v) is 8.66. The number of rotatable bonds is 4. The number of halogens is 3. The predicted molar refractivity (Wildman–Crippen MR) is 80.6 cm³/mol. The van der Waals surface area contributed by atoms with Gasteiger partial charge in [-0.05, 0) is 40.3 Å². The quantitative estimate of drug-likeness (QED) is 0.640.